The summed E-state index contributed by atoms with van der Waals surface area (Å²) in [6.45, 7) is 2.06. The zero-order chi connectivity index (χ0) is 20.5. The van der Waals surface area contributed by atoms with Crippen molar-refractivity contribution in [2.75, 3.05) is 7.05 Å². The van der Waals surface area contributed by atoms with E-state index in [-0.39, 0.29) is 18.9 Å². The Morgan fingerprint density at radius 2 is 1.97 bits per heavy atom. The number of hydrogen-bond acceptors (Lipinski definition) is 3. The smallest absolute Gasteiger partial charge is 0.227 e. The maximum absolute atomic E-state index is 14.4. The number of benzene rings is 2. The van der Waals surface area contributed by atoms with Gasteiger partial charge in [0.1, 0.15) is 11.6 Å². The van der Waals surface area contributed by atoms with Crippen LogP contribution in [-0.2, 0) is 17.8 Å². The fourth-order valence-electron chi connectivity index (χ4n) is 3.40. The number of amides is 1. The second kappa shape index (κ2) is 7.50. The molecule has 0 aliphatic rings. The lowest BCUT2D eigenvalue weighted by Crippen LogP contribution is -2.27. The first-order valence-electron chi connectivity index (χ1n) is 9.13. The van der Waals surface area contributed by atoms with Crippen LogP contribution < -0.4 is 0 Å². The van der Waals surface area contributed by atoms with Gasteiger partial charge in [-0.15, -0.1) is 0 Å². The predicted molar refractivity (Wildman–Crippen MR) is 105 cm³/mol. The molecule has 0 unspecified atom stereocenters. The molecule has 29 heavy (non-hydrogen) atoms. The van der Waals surface area contributed by atoms with Crippen molar-refractivity contribution in [1.29, 1.82) is 0 Å². The van der Waals surface area contributed by atoms with Crippen molar-refractivity contribution in [1.82, 2.24) is 15.0 Å². The van der Waals surface area contributed by atoms with E-state index >= 15 is 0 Å². The molecular weight excluding hydrogens is 376 g/mol. The summed E-state index contributed by atoms with van der Waals surface area (Å²) in [5.74, 6) is -0.478. The maximum Gasteiger partial charge on any atom is 0.227 e. The van der Waals surface area contributed by atoms with Crippen molar-refractivity contribution < 1.29 is 18.1 Å². The monoisotopic (exact) mass is 395 g/mol. The van der Waals surface area contributed by atoms with Crippen molar-refractivity contribution in [3.8, 4) is 11.3 Å². The lowest BCUT2D eigenvalue weighted by Gasteiger charge is -2.16. The molecule has 7 heteroatoms. The quantitative estimate of drug-likeness (QED) is 0.537. The zero-order valence-electron chi connectivity index (χ0n) is 16.0. The third-order valence-corrected chi connectivity index (χ3v) is 4.83. The van der Waals surface area contributed by atoms with Crippen molar-refractivity contribution in [2.45, 2.75) is 19.9 Å². The molecule has 1 N–H and O–H groups in total. The van der Waals surface area contributed by atoms with Crippen molar-refractivity contribution in [3.05, 3.63) is 77.2 Å². The Labute approximate surface area is 165 Å². The third-order valence-electron chi connectivity index (χ3n) is 4.83. The molecule has 0 aliphatic heterocycles. The molecule has 148 valence electrons. The Balaban J connectivity index is 1.71. The molecule has 4 aromatic rings. The van der Waals surface area contributed by atoms with Gasteiger partial charge in [-0.05, 0) is 42.8 Å². The summed E-state index contributed by atoms with van der Waals surface area (Å²) in [6.07, 6.45) is -0.0171. The Morgan fingerprint density at radius 3 is 2.69 bits per heavy atom. The summed E-state index contributed by atoms with van der Waals surface area (Å²) < 4.78 is 33.5. The highest BCUT2D eigenvalue weighted by molar-refractivity contribution is 5.95. The minimum atomic E-state index is -0.421. The van der Waals surface area contributed by atoms with Crippen LogP contribution in [0.3, 0.4) is 0 Å². The van der Waals surface area contributed by atoms with Crippen molar-refractivity contribution in [2.24, 2.45) is 0 Å². The minimum absolute atomic E-state index is 0.0171. The van der Waals surface area contributed by atoms with E-state index in [0.29, 0.717) is 33.5 Å². The normalized spacial score (nSPS) is 11.2. The summed E-state index contributed by atoms with van der Waals surface area (Å²) in [4.78, 5) is 17.5. The first kappa shape index (κ1) is 18.9. The molecule has 2 heterocycles. The molecule has 0 saturated carbocycles. The summed E-state index contributed by atoms with van der Waals surface area (Å²) in [5.41, 5.74) is 2.73. The Morgan fingerprint density at radius 1 is 1.17 bits per heavy atom. The summed E-state index contributed by atoms with van der Waals surface area (Å²) >= 11 is 0. The number of likely N-dealkylation sites (N-methyl/N-ethyl adjacent to an activating group) is 1. The van der Waals surface area contributed by atoms with Crippen LogP contribution in [0.1, 0.15) is 17.0 Å². The molecule has 0 atom stereocenters. The Hall–Kier alpha value is -3.48. The van der Waals surface area contributed by atoms with E-state index in [1.165, 1.54) is 23.1 Å². The SMILES string of the molecule is Cc1cc(CN(C)C(=O)Cc2c(-c3ccccc3F)[nH]c3ccc(F)cc23)on1. The molecular formula is C22H19F2N3O2. The van der Waals surface area contributed by atoms with Gasteiger partial charge in [0.2, 0.25) is 5.91 Å². The highest BCUT2D eigenvalue weighted by Gasteiger charge is 2.21. The highest BCUT2D eigenvalue weighted by Crippen LogP contribution is 2.33. The van der Waals surface area contributed by atoms with Crippen LogP contribution in [0.4, 0.5) is 8.78 Å². The number of nitrogens with one attached hydrogen (secondary N) is 1. The van der Waals surface area contributed by atoms with Crippen LogP contribution in [0.15, 0.2) is 53.1 Å². The van der Waals surface area contributed by atoms with Gasteiger partial charge in [-0.1, -0.05) is 17.3 Å². The lowest BCUT2D eigenvalue weighted by molar-refractivity contribution is -0.129. The molecule has 0 bridgehead atoms. The molecule has 4 rings (SSSR count). The lowest BCUT2D eigenvalue weighted by atomic mass is 10.0. The van der Waals surface area contributed by atoms with Gasteiger partial charge >= 0.3 is 0 Å². The summed E-state index contributed by atoms with van der Waals surface area (Å²) in [7, 11) is 1.65. The van der Waals surface area contributed by atoms with E-state index in [1.807, 2.05) is 0 Å². The minimum Gasteiger partial charge on any atom is -0.359 e. The first-order chi connectivity index (χ1) is 13.9. The number of carbonyl (C=O) groups is 1. The molecule has 0 saturated heterocycles. The number of nitrogens with zero attached hydrogens (tertiary/aromatic N) is 2. The fourth-order valence-corrected chi connectivity index (χ4v) is 3.40. The molecule has 0 spiro atoms. The second-order valence-corrected chi connectivity index (χ2v) is 7.01. The third kappa shape index (κ3) is 3.76. The number of halogens is 2. The number of carbonyl (C=O) groups excluding carboxylic acids is 1. The number of fused-ring (bicyclic) bond motifs is 1. The standard InChI is InChI=1S/C22H19F2N3O2/c1-13-9-15(29-26-13)12-27(2)21(28)11-18-17-10-14(23)7-8-20(17)25-22(18)16-5-3-4-6-19(16)24/h3-10,25H,11-12H2,1-2H3. The number of aryl methyl sites for hydroxylation is 1. The molecule has 1 amide bonds. The van der Waals surface area contributed by atoms with Gasteiger partial charge in [0.25, 0.3) is 0 Å². The average molecular weight is 395 g/mol. The predicted octanol–water partition coefficient (Wildman–Crippen LogP) is 4.61. The van der Waals surface area contributed by atoms with Gasteiger partial charge in [0.05, 0.1) is 24.4 Å². The zero-order valence-corrected chi connectivity index (χ0v) is 16.0. The van der Waals surface area contributed by atoms with E-state index < -0.39 is 11.6 Å². The van der Waals surface area contributed by atoms with Crippen LogP contribution in [0.2, 0.25) is 0 Å². The van der Waals surface area contributed by atoms with Crippen molar-refractivity contribution in [3.63, 3.8) is 0 Å². The van der Waals surface area contributed by atoms with Crippen molar-refractivity contribution >= 4 is 16.8 Å². The first-order valence-corrected chi connectivity index (χ1v) is 9.13. The van der Waals surface area contributed by atoms with Crippen LogP contribution in [0.25, 0.3) is 22.2 Å². The van der Waals surface area contributed by atoms with E-state index in [4.69, 9.17) is 4.52 Å². The van der Waals surface area contributed by atoms with E-state index in [2.05, 4.69) is 10.1 Å². The van der Waals surface area contributed by atoms with Crippen LogP contribution >= 0.6 is 0 Å². The Bertz CT molecular complexity index is 1200. The molecule has 0 aliphatic carbocycles. The number of H-pyrrole nitrogens is 1. The molecule has 2 aromatic heterocycles. The van der Waals surface area contributed by atoms with Gasteiger partial charge in [0.15, 0.2) is 5.76 Å². The van der Waals surface area contributed by atoms with Crippen LogP contribution in [-0.4, -0.2) is 28.0 Å². The van der Waals surface area contributed by atoms with E-state index in [1.54, 1.807) is 44.3 Å². The highest BCUT2D eigenvalue weighted by atomic mass is 19.1. The number of rotatable bonds is 5. The molecule has 0 radical (unpaired) electrons. The Kier molecular flexibility index (Phi) is 4.88. The molecule has 5 nitrogen and oxygen atoms in total. The van der Waals surface area contributed by atoms with Crippen LogP contribution in [0, 0.1) is 18.6 Å². The summed E-state index contributed by atoms with van der Waals surface area (Å²) in [5, 5.41) is 4.37. The topological polar surface area (TPSA) is 62.1 Å². The molecule has 0 fully saturated rings. The van der Waals surface area contributed by atoms with E-state index in [0.717, 1.165) is 5.69 Å². The molecule has 2 aromatic carbocycles. The van der Waals surface area contributed by atoms with Gasteiger partial charge in [0, 0.05) is 29.6 Å². The van der Waals surface area contributed by atoms with E-state index in [9.17, 15) is 13.6 Å². The fraction of sp³-hybridized carbons (Fsp3) is 0.182. The number of aromatic nitrogens is 2. The van der Waals surface area contributed by atoms with Gasteiger partial charge in [-0.25, -0.2) is 8.78 Å². The van der Waals surface area contributed by atoms with Gasteiger partial charge < -0.3 is 14.4 Å². The van der Waals surface area contributed by atoms with Gasteiger partial charge in [-0.2, -0.15) is 0 Å². The van der Waals surface area contributed by atoms with Gasteiger partial charge in [-0.3, -0.25) is 4.79 Å². The summed E-state index contributed by atoms with van der Waals surface area (Å²) in [6, 6.07) is 12.3. The number of hydrogen-bond donors (Lipinski definition) is 1. The largest absolute Gasteiger partial charge is 0.359 e. The maximum atomic E-state index is 14.4. The average Bonchev–Trinajstić information content (AvgIpc) is 3.25. The second-order valence-electron chi connectivity index (χ2n) is 7.01. The van der Waals surface area contributed by atoms with Crippen LogP contribution in [0.5, 0.6) is 0 Å². The number of aromatic amines is 1.